The lowest BCUT2D eigenvalue weighted by molar-refractivity contribution is 0.279. The van der Waals surface area contributed by atoms with Gasteiger partial charge in [0.15, 0.2) is 0 Å². The SMILES string of the molecule is Cc1ccc(F)c([C@@H](N)CCCO)c1. The Kier molecular flexibility index (Phi) is 4.04. The van der Waals surface area contributed by atoms with Crippen LogP contribution in [0.1, 0.15) is 30.0 Å². The van der Waals surface area contributed by atoms with Gasteiger partial charge < -0.3 is 10.8 Å². The second kappa shape index (κ2) is 5.08. The average molecular weight is 197 g/mol. The highest BCUT2D eigenvalue weighted by molar-refractivity contribution is 5.26. The number of aryl methyl sites for hydroxylation is 1. The Balaban J connectivity index is 2.77. The smallest absolute Gasteiger partial charge is 0.127 e. The molecule has 0 saturated carbocycles. The van der Waals surface area contributed by atoms with E-state index < -0.39 is 0 Å². The molecule has 0 heterocycles. The molecule has 1 atom stereocenters. The molecular formula is C11H16FNO. The molecule has 1 rings (SSSR count). The Morgan fingerprint density at radius 2 is 2.21 bits per heavy atom. The summed E-state index contributed by atoms with van der Waals surface area (Å²) in [5.74, 6) is -0.263. The van der Waals surface area contributed by atoms with Crippen molar-refractivity contribution in [2.45, 2.75) is 25.8 Å². The van der Waals surface area contributed by atoms with Crippen molar-refractivity contribution in [3.05, 3.63) is 35.1 Å². The van der Waals surface area contributed by atoms with Gasteiger partial charge in [0.1, 0.15) is 5.82 Å². The van der Waals surface area contributed by atoms with E-state index in [1.165, 1.54) is 6.07 Å². The van der Waals surface area contributed by atoms with E-state index in [9.17, 15) is 4.39 Å². The van der Waals surface area contributed by atoms with E-state index in [2.05, 4.69) is 0 Å². The number of aliphatic hydroxyl groups is 1. The number of nitrogens with two attached hydrogens (primary N) is 1. The minimum absolute atomic E-state index is 0.0983. The standard InChI is InChI=1S/C11H16FNO/c1-8-4-5-10(12)9(7-8)11(13)3-2-6-14/h4-5,7,11,14H,2-3,6,13H2,1H3/t11-/m0/s1. The molecule has 0 radical (unpaired) electrons. The molecule has 0 fully saturated rings. The van der Waals surface area contributed by atoms with Gasteiger partial charge in [-0.3, -0.25) is 0 Å². The first kappa shape index (κ1) is 11.1. The van der Waals surface area contributed by atoms with Crippen molar-refractivity contribution in [2.75, 3.05) is 6.61 Å². The van der Waals surface area contributed by atoms with Gasteiger partial charge in [0.25, 0.3) is 0 Å². The lowest BCUT2D eigenvalue weighted by Crippen LogP contribution is -2.12. The summed E-state index contributed by atoms with van der Waals surface area (Å²) < 4.78 is 13.3. The van der Waals surface area contributed by atoms with Crippen molar-refractivity contribution in [1.29, 1.82) is 0 Å². The maximum absolute atomic E-state index is 13.3. The Morgan fingerprint density at radius 3 is 2.86 bits per heavy atom. The lowest BCUT2D eigenvalue weighted by Gasteiger charge is -2.12. The quantitative estimate of drug-likeness (QED) is 0.774. The molecule has 2 nitrogen and oxygen atoms in total. The molecule has 0 unspecified atom stereocenters. The van der Waals surface area contributed by atoms with Crippen molar-refractivity contribution in [2.24, 2.45) is 5.73 Å². The fourth-order valence-electron chi connectivity index (χ4n) is 1.41. The van der Waals surface area contributed by atoms with Crippen molar-refractivity contribution >= 4 is 0 Å². The Hall–Kier alpha value is -0.930. The second-order valence-electron chi connectivity index (χ2n) is 3.50. The van der Waals surface area contributed by atoms with Crippen LogP contribution in [-0.2, 0) is 0 Å². The van der Waals surface area contributed by atoms with Crippen LogP contribution in [-0.4, -0.2) is 11.7 Å². The highest BCUT2D eigenvalue weighted by atomic mass is 19.1. The van der Waals surface area contributed by atoms with Gasteiger partial charge in [0.2, 0.25) is 0 Å². The topological polar surface area (TPSA) is 46.2 Å². The summed E-state index contributed by atoms with van der Waals surface area (Å²) in [6, 6.07) is 4.60. The first-order valence-electron chi connectivity index (χ1n) is 4.77. The molecule has 78 valence electrons. The van der Waals surface area contributed by atoms with Crippen LogP contribution in [0.2, 0.25) is 0 Å². The highest BCUT2D eigenvalue weighted by Crippen LogP contribution is 2.20. The molecule has 3 heteroatoms. The highest BCUT2D eigenvalue weighted by Gasteiger charge is 2.10. The second-order valence-corrected chi connectivity index (χ2v) is 3.50. The van der Waals surface area contributed by atoms with Crippen LogP contribution in [0.4, 0.5) is 4.39 Å². The molecular weight excluding hydrogens is 181 g/mol. The number of benzene rings is 1. The van der Waals surface area contributed by atoms with Crippen LogP contribution in [0.5, 0.6) is 0 Å². The summed E-state index contributed by atoms with van der Waals surface area (Å²) in [7, 11) is 0. The van der Waals surface area contributed by atoms with E-state index in [1.807, 2.05) is 6.92 Å². The third-order valence-electron chi connectivity index (χ3n) is 2.22. The van der Waals surface area contributed by atoms with E-state index in [4.69, 9.17) is 10.8 Å². The Morgan fingerprint density at radius 1 is 1.50 bits per heavy atom. The molecule has 0 saturated heterocycles. The third kappa shape index (κ3) is 2.79. The van der Waals surface area contributed by atoms with E-state index in [0.717, 1.165) is 5.56 Å². The monoisotopic (exact) mass is 197 g/mol. The molecule has 3 N–H and O–H groups in total. The van der Waals surface area contributed by atoms with Gasteiger partial charge in [-0.05, 0) is 25.8 Å². The Labute approximate surface area is 83.6 Å². The fraction of sp³-hybridized carbons (Fsp3) is 0.455. The van der Waals surface area contributed by atoms with Crippen molar-refractivity contribution in [3.8, 4) is 0 Å². The molecule has 0 aliphatic carbocycles. The first-order chi connectivity index (χ1) is 6.65. The zero-order valence-corrected chi connectivity index (χ0v) is 8.33. The third-order valence-corrected chi connectivity index (χ3v) is 2.22. The van der Waals surface area contributed by atoms with Crippen molar-refractivity contribution in [1.82, 2.24) is 0 Å². The first-order valence-corrected chi connectivity index (χ1v) is 4.77. The molecule has 0 bridgehead atoms. The van der Waals surface area contributed by atoms with Crippen LogP contribution in [0.15, 0.2) is 18.2 Å². The van der Waals surface area contributed by atoms with E-state index in [-0.39, 0.29) is 18.5 Å². The van der Waals surface area contributed by atoms with Crippen molar-refractivity contribution in [3.63, 3.8) is 0 Å². The van der Waals surface area contributed by atoms with Crippen LogP contribution in [0.25, 0.3) is 0 Å². The van der Waals surface area contributed by atoms with Gasteiger partial charge in [-0.25, -0.2) is 4.39 Å². The summed E-state index contributed by atoms with van der Waals surface area (Å²) in [5.41, 5.74) is 7.34. The van der Waals surface area contributed by atoms with Crippen LogP contribution in [0, 0.1) is 12.7 Å². The maximum atomic E-state index is 13.3. The molecule has 0 aliphatic heterocycles. The van der Waals surface area contributed by atoms with E-state index in [1.54, 1.807) is 12.1 Å². The molecule has 1 aromatic rings. The summed E-state index contributed by atoms with van der Waals surface area (Å²) in [6.07, 6.45) is 1.21. The molecule has 0 spiro atoms. The van der Waals surface area contributed by atoms with Crippen LogP contribution in [0.3, 0.4) is 0 Å². The number of hydrogen-bond donors (Lipinski definition) is 2. The molecule has 1 aromatic carbocycles. The number of rotatable bonds is 4. The minimum Gasteiger partial charge on any atom is -0.396 e. The van der Waals surface area contributed by atoms with Crippen molar-refractivity contribution < 1.29 is 9.50 Å². The molecule has 0 amide bonds. The normalized spacial score (nSPS) is 12.9. The lowest BCUT2D eigenvalue weighted by atomic mass is 10.0. The zero-order chi connectivity index (χ0) is 10.6. The molecule has 0 aliphatic rings. The van der Waals surface area contributed by atoms with E-state index in [0.29, 0.717) is 18.4 Å². The van der Waals surface area contributed by atoms with Gasteiger partial charge in [-0.15, -0.1) is 0 Å². The van der Waals surface area contributed by atoms with Gasteiger partial charge in [0.05, 0.1) is 0 Å². The summed E-state index contributed by atoms with van der Waals surface area (Å²) >= 11 is 0. The van der Waals surface area contributed by atoms with Crippen LogP contribution < -0.4 is 5.73 Å². The zero-order valence-electron chi connectivity index (χ0n) is 8.33. The summed E-state index contributed by atoms with van der Waals surface area (Å²) in [4.78, 5) is 0. The number of hydrogen-bond acceptors (Lipinski definition) is 2. The summed E-state index contributed by atoms with van der Waals surface area (Å²) in [5, 5.41) is 8.64. The number of aliphatic hydroxyl groups excluding tert-OH is 1. The van der Waals surface area contributed by atoms with Gasteiger partial charge in [-0.2, -0.15) is 0 Å². The van der Waals surface area contributed by atoms with Gasteiger partial charge >= 0.3 is 0 Å². The van der Waals surface area contributed by atoms with Gasteiger partial charge in [0, 0.05) is 18.2 Å². The van der Waals surface area contributed by atoms with E-state index >= 15 is 0 Å². The molecule has 14 heavy (non-hydrogen) atoms. The maximum Gasteiger partial charge on any atom is 0.127 e. The molecule has 0 aromatic heterocycles. The largest absolute Gasteiger partial charge is 0.396 e. The predicted molar refractivity (Wildman–Crippen MR) is 54.4 cm³/mol. The minimum atomic E-state index is -0.318. The predicted octanol–water partition coefficient (Wildman–Crippen LogP) is 1.91. The summed E-state index contributed by atoms with van der Waals surface area (Å²) in [6.45, 7) is 2.00. The fourth-order valence-corrected chi connectivity index (χ4v) is 1.41. The van der Waals surface area contributed by atoms with Crippen LogP contribution >= 0.6 is 0 Å². The Bertz CT molecular complexity index is 301. The van der Waals surface area contributed by atoms with Gasteiger partial charge in [-0.1, -0.05) is 17.7 Å². The number of halogens is 1. The average Bonchev–Trinajstić information content (AvgIpc) is 2.18.